The lowest BCUT2D eigenvalue weighted by atomic mass is 9.92. The summed E-state index contributed by atoms with van der Waals surface area (Å²) in [5, 5.41) is 13.5. The first-order valence-corrected chi connectivity index (χ1v) is 8.32. The number of nitro benzene ring substituents is 1. The molecule has 0 heterocycles. The summed E-state index contributed by atoms with van der Waals surface area (Å²) in [5.41, 5.74) is 3.77. The number of carbonyl (C=O) groups excluding carboxylic acids is 1. The van der Waals surface area contributed by atoms with Gasteiger partial charge in [0.25, 0.3) is 11.6 Å². The molecule has 0 aliphatic heterocycles. The van der Waals surface area contributed by atoms with E-state index in [0.29, 0.717) is 11.4 Å². The van der Waals surface area contributed by atoms with Gasteiger partial charge in [-0.1, -0.05) is 12.1 Å². The maximum atomic E-state index is 12.1. The molecule has 0 atom stereocenters. The van der Waals surface area contributed by atoms with Crippen LogP contribution in [0.5, 0.6) is 5.75 Å². The van der Waals surface area contributed by atoms with E-state index in [1.165, 1.54) is 36.1 Å². The Labute approximate surface area is 146 Å². The average molecular weight is 340 g/mol. The van der Waals surface area contributed by atoms with E-state index in [4.69, 9.17) is 4.74 Å². The molecule has 0 saturated heterocycles. The number of aryl methyl sites for hydroxylation is 3. The highest BCUT2D eigenvalue weighted by Crippen LogP contribution is 2.25. The number of nitrogens with zero attached hydrogens (tertiary/aromatic N) is 1. The van der Waals surface area contributed by atoms with Gasteiger partial charge in [0, 0.05) is 12.1 Å². The molecule has 1 N–H and O–H groups in total. The predicted octanol–water partition coefficient (Wildman–Crippen LogP) is 3.80. The number of benzene rings is 2. The van der Waals surface area contributed by atoms with E-state index in [2.05, 4.69) is 11.4 Å². The maximum Gasteiger partial charge on any atom is 0.271 e. The molecule has 1 aliphatic carbocycles. The van der Waals surface area contributed by atoms with E-state index in [1.54, 1.807) is 13.0 Å². The molecule has 2 aromatic carbocycles. The van der Waals surface area contributed by atoms with Gasteiger partial charge in [0.05, 0.1) is 10.6 Å². The Kier molecular flexibility index (Phi) is 4.97. The number of anilines is 1. The van der Waals surface area contributed by atoms with Crippen molar-refractivity contribution < 1.29 is 14.5 Å². The van der Waals surface area contributed by atoms with Crippen molar-refractivity contribution in [1.82, 2.24) is 0 Å². The minimum Gasteiger partial charge on any atom is -0.484 e. The number of nitrogens with one attached hydrogen (secondary N) is 1. The highest BCUT2D eigenvalue weighted by Gasteiger charge is 2.13. The zero-order valence-electron chi connectivity index (χ0n) is 14.1. The second kappa shape index (κ2) is 7.34. The fraction of sp³-hybridized carbons (Fsp3) is 0.316. The molecule has 3 rings (SSSR count). The number of rotatable bonds is 5. The van der Waals surface area contributed by atoms with Crippen molar-refractivity contribution in [3.63, 3.8) is 0 Å². The highest BCUT2D eigenvalue weighted by atomic mass is 16.6. The number of amides is 1. The number of non-ortho nitro benzene ring substituents is 1. The molecule has 0 spiro atoms. The lowest BCUT2D eigenvalue weighted by molar-refractivity contribution is -0.384. The summed E-state index contributed by atoms with van der Waals surface area (Å²) in [5.74, 6) is 0.327. The molecule has 6 nitrogen and oxygen atoms in total. The number of fused-ring (bicyclic) bond motifs is 1. The summed E-state index contributed by atoms with van der Waals surface area (Å²) in [6, 6.07) is 10.3. The van der Waals surface area contributed by atoms with Crippen molar-refractivity contribution in [3.05, 3.63) is 63.2 Å². The van der Waals surface area contributed by atoms with Crippen LogP contribution in [-0.2, 0) is 17.6 Å². The smallest absolute Gasteiger partial charge is 0.271 e. The Bertz CT molecular complexity index is 817. The van der Waals surface area contributed by atoms with Crippen molar-refractivity contribution >= 4 is 17.3 Å². The first kappa shape index (κ1) is 17.0. The van der Waals surface area contributed by atoms with Crippen molar-refractivity contribution in [2.45, 2.75) is 32.6 Å². The molecule has 0 fully saturated rings. The van der Waals surface area contributed by atoms with E-state index in [9.17, 15) is 14.9 Å². The Morgan fingerprint density at radius 3 is 2.68 bits per heavy atom. The fourth-order valence-electron chi connectivity index (χ4n) is 2.99. The highest BCUT2D eigenvalue weighted by molar-refractivity contribution is 5.93. The SMILES string of the molecule is Cc1ccc([N+](=O)[O-])cc1NC(=O)COc1ccc2c(c1)CCCC2. The monoisotopic (exact) mass is 340 g/mol. The van der Waals surface area contributed by atoms with Crippen molar-refractivity contribution in [2.75, 3.05) is 11.9 Å². The van der Waals surface area contributed by atoms with Gasteiger partial charge in [-0.3, -0.25) is 14.9 Å². The predicted molar refractivity (Wildman–Crippen MR) is 95.0 cm³/mol. The molecule has 2 aromatic rings. The van der Waals surface area contributed by atoms with Gasteiger partial charge in [-0.25, -0.2) is 0 Å². The second-order valence-electron chi connectivity index (χ2n) is 6.23. The third-order valence-corrected chi connectivity index (χ3v) is 4.40. The van der Waals surface area contributed by atoms with Crippen molar-refractivity contribution in [3.8, 4) is 5.75 Å². The number of hydrogen-bond donors (Lipinski definition) is 1. The standard InChI is InChI=1S/C19H20N2O4/c1-13-6-8-16(21(23)24)11-18(13)20-19(22)12-25-17-9-7-14-4-2-3-5-15(14)10-17/h6-11H,2-5,12H2,1H3,(H,20,22). The fourth-order valence-corrected chi connectivity index (χ4v) is 2.99. The van der Waals surface area contributed by atoms with Crippen LogP contribution in [0, 0.1) is 17.0 Å². The average Bonchev–Trinajstić information content (AvgIpc) is 2.61. The summed E-state index contributed by atoms with van der Waals surface area (Å²) in [4.78, 5) is 22.5. The number of nitro groups is 1. The van der Waals surface area contributed by atoms with Crippen LogP contribution in [0.15, 0.2) is 36.4 Å². The molecule has 0 saturated carbocycles. The molecule has 0 radical (unpaired) electrons. The van der Waals surface area contributed by atoms with Gasteiger partial charge < -0.3 is 10.1 Å². The van der Waals surface area contributed by atoms with Crippen LogP contribution >= 0.6 is 0 Å². The lowest BCUT2D eigenvalue weighted by Crippen LogP contribution is -2.20. The van der Waals surface area contributed by atoms with Crippen LogP contribution in [-0.4, -0.2) is 17.4 Å². The molecule has 1 amide bonds. The van der Waals surface area contributed by atoms with Crippen LogP contribution in [0.1, 0.15) is 29.5 Å². The Hall–Kier alpha value is -2.89. The summed E-state index contributed by atoms with van der Waals surface area (Å²) in [6.45, 7) is 1.64. The van der Waals surface area contributed by atoms with E-state index >= 15 is 0 Å². The zero-order chi connectivity index (χ0) is 17.8. The molecule has 1 aliphatic rings. The van der Waals surface area contributed by atoms with Crippen LogP contribution < -0.4 is 10.1 Å². The first-order chi connectivity index (χ1) is 12.0. The van der Waals surface area contributed by atoms with Crippen LogP contribution in [0.2, 0.25) is 0 Å². The number of hydrogen-bond acceptors (Lipinski definition) is 4. The third-order valence-electron chi connectivity index (χ3n) is 4.40. The van der Waals surface area contributed by atoms with Crippen molar-refractivity contribution in [1.29, 1.82) is 0 Å². The zero-order valence-corrected chi connectivity index (χ0v) is 14.1. The van der Waals surface area contributed by atoms with Crippen LogP contribution in [0.3, 0.4) is 0 Å². The Balaban J connectivity index is 1.62. The van der Waals surface area contributed by atoms with Gasteiger partial charge in [0.1, 0.15) is 5.75 Å². The summed E-state index contributed by atoms with van der Waals surface area (Å²) >= 11 is 0. The van der Waals surface area contributed by atoms with Gasteiger partial charge in [0.2, 0.25) is 0 Å². The molecule has 0 aromatic heterocycles. The summed E-state index contributed by atoms with van der Waals surface area (Å²) < 4.78 is 5.58. The van der Waals surface area contributed by atoms with Gasteiger partial charge in [-0.05, 0) is 61.4 Å². The van der Waals surface area contributed by atoms with Crippen molar-refractivity contribution in [2.24, 2.45) is 0 Å². The second-order valence-corrected chi connectivity index (χ2v) is 6.23. The van der Waals surface area contributed by atoms with Crippen LogP contribution in [0.4, 0.5) is 11.4 Å². The van der Waals surface area contributed by atoms with Gasteiger partial charge >= 0.3 is 0 Å². The molecular weight excluding hydrogens is 320 g/mol. The third kappa shape index (κ3) is 4.15. The van der Waals surface area contributed by atoms with E-state index < -0.39 is 4.92 Å². The molecule has 0 unspecified atom stereocenters. The van der Waals surface area contributed by atoms with E-state index in [1.807, 2.05) is 12.1 Å². The number of carbonyl (C=O) groups is 1. The lowest BCUT2D eigenvalue weighted by Gasteiger charge is -2.16. The topological polar surface area (TPSA) is 81.5 Å². The Morgan fingerprint density at radius 2 is 1.92 bits per heavy atom. The van der Waals surface area contributed by atoms with Gasteiger partial charge in [0.15, 0.2) is 6.61 Å². The van der Waals surface area contributed by atoms with E-state index in [0.717, 1.165) is 18.4 Å². The van der Waals surface area contributed by atoms with E-state index in [-0.39, 0.29) is 18.2 Å². The number of ether oxygens (including phenoxy) is 1. The molecule has 130 valence electrons. The normalized spacial score (nSPS) is 13.0. The maximum absolute atomic E-state index is 12.1. The molecule has 25 heavy (non-hydrogen) atoms. The van der Waals surface area contributed by atoms with Gasteiger partial charge in [-0.2, -0.15) is 0 Å². The minimum absolute atomic E-state index is 0.0588. The minimum atomic E-state index is -0.487. The first-order valence-electron chi connectivity index (χ1n) is 8.32. The summed E-state index contributed by atoms with van der Waals surface area (Å²) in [6.07, 6.45) is 4.55. The van der Waals surface area contributed by atoms with Crippen LogP contribution in [0.25, 0.3) is 0 Å². The quantitative estimate of drug-likeness (QED) is 0.663. The summed E-state index contributed by atoms with van der Waals surface area (Å²) in [7, 11) is 0. The van der Waals surface area contributed by atoms with Gasteiger partial charge in [-0.15, -0.1) is 0 Å². The molecular formula is C19H20N2O4. The molecule has 6 heteroatoms. The Morgan fingerprint density at radius 1 is 1.16 bits per heavy atom. The largest absolute Gasteiger partial charge is 0.484 e. The molecule has 0 bridgehead atoms.